The number of carbonyl (C=O) groups excluding carboxylic acids is 1. The summed E-state index contributed by atoms with van der Waals surface area (Å²) < 4.78 is 13.4. The summed E-state index contributed by atoms with van der Waals surface area (Å²) in [5.41, 5.74) is 1.17. The second kappa shape index (κ2) is 7.20. The van der Waals surface area contributed by atoms with Gasteiger partial charge < -0.3 is 10.6 Å². The van der Waals surface area contributed by atoms with Gasteiger partial charge in [-0.3, -0.25) is 4.79 Å². The predicted octanol–water partition coefficient (Wildman–Crippen LogP) is 3.77. The number of hydrogen-bond acceptors (Lipinski definition) is 2. The topological polar surface area (TPSA) is 41.1 Å². The summed E-state index contributed by atoms with van der Waals surface area (Å²) in [5, 5.41) is 6.25. The van der Waals surface area contributed by atoms with Gasteiger partial charge in [-0.05, 0) is 36.8 Å². The smallest absolute Gasteiger partial charge is 0.238 e. The summed E-state index contributed by atoms with van der Waals surface area (Å²) in [4.78, 5) is 11.8. The summed E-state index contributed by atoms with van der Waals surface area (Å²) in [7, 11) is 0. The summed E-state index contributed by atoms with van der Waals surface area (Å²) in [6.07, 6.45) is 0. The molecule has 1 unspecified atom stereocenters. The maximum Gasteiger partial charge on any atom is 0.238 e. The van der Waals surface area contributed by atoms with Crippen LogP contribution in [0.5, 0.6) is 0 Å². The van der Waals surface area contributed by atoms with E-state index in [1.807, 2.05) is 25.1 Å². The lowest BCUT2D eigenvalue weighted by Gasteiger charge is -2.14. The number of rotatable bonds is 5. The van der Waals surface area contributed by atoms with Gasteiger partial charge in [0.05, 0.1) is 12.2 Å². The molecule has 5 heteroatoms. The molecule has 0 aromatic heterocycles. The maximum absolute atomic E-state index is 13.4. The number of anilines is 1. The Labute approximate surface area is 128 Å². The molecule has 2 aromatic carbocycles. The maximum atomic E-state index is 13.4. The van der Waals surface area contributed by atoms with Crippen LogP contribution in [0.1, 0.15) is 18.5 Å². The van der Waals surface area contributed by atoms with Gasteiger partial charge in [0.1, 0.15) is 5.82 Å². The molecule has 0 aliphatic carbocycles. The van der Waals surface area contributed by atoms with Gasteiger partial charge >= 0.3 is 0 Å². The van der Waals surface area contributed by atoms with Crippen molar-refractivity contribution in [2.45, 2.75) is 13.0 Å². The van der Waals surface area contributed by atoms with Crippen molar-refractivity contribution in [3.8, 4) is 0 Å². The molecule has 0 fully saturated rings. The van der Waals surface area contributed by atoms with Crippen molar-refractivity contribution in [2.75, 3.05) is 11.9 Å². The molecule has 0 aliphatic heterocycles. The number of carbonyl (C=O) groups is 1. The van der Waals surface area contributed by atoms with Gasteiger partial charge in [0.25, 0.3) is 0 Å². The van der Waals surface area contributed by atoms with Crippen molar-refractivity contribution >= 4 is 23.2 Å². The Morgan fingerprint density at radius 1 is 1.24 bits per heavy atom. The fraction of sp³-hybridized carbons (Fsp3) is 0.188. The van der Waals surface area contributed by atoms with Crippen LogP contribution in [0, 0.1) is 5.82 Å². The van der Waals surface area contributed by atoms with Crippen LogP contribution in [0.4, 0.5) is 10.1 Å². The van der Waals surface area contributed by atoms with Crippen LogP contribution in [-0.2, 0) is 4.79 Å². The van der Waals surface area contributed by atoms with E-state index in [9.17, 15) is 9.18 Å². The highest BCUT2D eigenvalue weighted by atomic mass is 35.5. The molecular weight excluding hydrogens is 291 g/mol. The van der Waals surface area contributed by atoms with E-state index in [0.29, 0.717) is 5.02 Å². The molecule has 0 radical (unpaired) electrons. The lowest BCUT2D eigenvalue weighted by atomic mass is 10.1. The molecule has 0 bridgehead atoms. The molecule has 110 valence electrons. The molecule has 2 rings (SSSR count). The van der Waals surface area contributed by atoms with E-state index in [4.69, 9.17) is 11.6 Å². The van der Waals surface area contributed by atoms with Crippen LogP contribution >= 0.6 is 11.6 Å². The van der Waals surface area contributed by atoms with E-state index >= 15 is 0 Å². The Bertz CT molecular complexity index is 633. The van der Waals surface area contributed by atoms with Crippen LogP contribution in [0.25, 0.3) is 0 Å². The minimum absolute atomic E-state index is 0.0323. The van der Waals surface area contributed by atoms with Crippen molar-refractivity contribution in [3.05, 3.63) is 64.9 Å². The minimum atomic E-state index is -0.450. The molecule has 0 heterocycles. The standard InChI is InChI=1S/C16H16ClFN2O/c1-11(12-5-4-6-13(17)9-12)19-10-16(21)20-15-8-3-2-7-14(15)18/h2-9,11,19H,10H2,1H3,(H,20,21). The van der Waals surface area contributed by atoms with Gasteiger partial charge in [-0.15, -0.1) is 0 Å². The Hall–Kier alpha value is -1.91. The second-order valence-corrected chi connectivity index (χ2v) is 5.12. The fourth-order valence-electron chi connectivity index (χ4n) is 1.90. The molecule has 2 N–H and O–H groups in total. The molecule has 2 aromatic rings. The third-order valence-electron chi connectivity index (χ3n) is 3.07. The highest BCUT2D eigenvalue weighted by Gasteiger charge is 2.09. The van der Waals surface area contributed by atoms with Gasteiger partial charge in [0, 0.05) is 11.1 Å². The quantitative estimate of drug-likeness (QED) is 0.883. The zero-order valence-corrected chi connectivity index (χ0v) is 12.3. The van der Waals surface area contributed by atoms with Crippen molar-refractivity contribution in [2.24, 2.45) is 0 Å². The summed E-state index contributed by atoms with van der Waals surface area (Å²) >= 11 is 5.93. The number of nitrogens with one attached hydrogen (secondary N) is 2. The van der Waals surface area contributed by atoms with Gasteiger partial charge in [-0.2, -0.15) is 0 Å². The van der Waals surface area contributed by atoms with Crippen molar-refractivity contribution < 1.29 is 9.18 Å². The first-order chi connectivity index (χ1) is 10.1. The van der Waals surface area contributed by atoms with Crippen molar-refractivity contribution in [1.82, 2.24) is 5.32 Å². The average molecular weight is 307 g/mol. The molecular formula is C16H16ClFN2O. The lowest BCUT2D eigenvalue weighted by molar-refractivity contribution is -0.115. The highest BCUT2D eigenvalue weighted by Crippen LogP contribution is 2.17. The molecule has 0 saturated carbocycles. The molecule has 1 amide bonds. The summed E-state index contributed by atoms with van der Waals surface area (Å²) in [6, 6.07) is 13.5. The molecule has 1 atom stereocenters. The number of amides is 1. The number of halogens is 2. The predicted molar refractivity (Wildman–Crippen MR) is 82.9 cm³/mol. The normalized spacial score (nSPS) is 12.0. The van der Waals surface area contributed by atoms with E-state index in [2.05, 4.69) is 10.6 Å². The first-order valence-electron chi connectivity index (χ1n) is 6.59. The lowest BCUT2D eigenvalue weighted by Crippen LogP contribution is -2.30. The van der Waals surface area contributed by atoms with Gasteiger partial charge in [0.15, 0.2) is 0 Å². The third kappa shape index (κ3) is 4.55. The molecule has 21 heavy (non-hydrogen) atoms. The SMILES string of the molecule is CC(NCC(=O)Nc1ccccc1F)c1cccc(Cl)c1. The van der Waals surface area contributed by atoms with Crippen molar-refractivity contribution in [3.63, 3.8) is 0 Å². The number of para-hydroxylation sites is 1. The molecule has 0 spiro atoms. The Kier molecular flexibility index (Phi) is 5.31. The van der Waals surface area contributed by atoms with Gasteiger partial charge in [0.2, 0.25) is 5.91 Å². The highest BCUT2D eigenvalue weighted by molar-refractivity contribution is 6.30. The van der Waals surface area contributed by atoms with Crippen LogP contribution < -0.4 is 10.6 Å². The van der Waals surface area contributed by atoms with Crippen LogP contribution in [0.2, 0.25) is 5.02 Å². The largest absolute Gasteiger partial charge is 0.322 e. The second-order valence-electron chi connectivity index (χ2n) is 4.69. The van der Waals surface area contributed by atoms with Crippen LogP contribution in [0.3, 0.4) is 0 Å². The molecule has 0 aliphatic rings. The van der Waals surface area contributed by atoms with Crippen LogP contribution in [0.15, 0.2) is 48.5 Å². The molecule has 0 saturated heterocycles. The van der Waals surface area contributed by atoms with Gasteiger partial charge in [-0.1, -0.05) is 35.9 Å². The first-order valence-corrected chi connectivity index (χ1v) is 6.97. The minimum Gasteiger partial charge on any atom is -0.322 e. The van der Waals surface area contributed by atoms with E-state index in [-0.39, 0.29) is 24.2 Å². The average Bonchev–Trinajstić information content (AvgIpc) is 2.47. The Morgan fingerprint density at radius 3 is 2.71 bits per heavy atom. The van der Waals surface area contributed by atoms with E-state index in [1.165, 1.54) is 12.1 Å². The van der Waals surface area contributed by atoms with Crippen molar-refractivity contribution in [1.29, 1.82) is 0 Å². The molecule has 3 nitrogen and oxygen atoms in total. The first kappa shape index (κ1) is 15.5. The van der Waals surface area contributed by atoms with E-state index in [0.717, 1.165) is 5.56 Å². The fourth-order valence-corrected chi connectivity index (χ4v) is 2.10. The monoisotopic (exact) mass is 306 g/mol. The Morgan fingerprint density at radius 2 is 2.00 bits per heavy atom. The summed E-state index contributed by atoms with van der Waals surface area (Å²) in [5.74, 6) is -0.747. The number of benzene rings is 2. The third-order valence-corrected chi connectivity index (χ3v) is 3.30. The van der Waals surface area contributed by atoms with Gasteiger partial charge in [-0.25, -0.2) is 4.39 Å². The summed E-state index contributed by atoms with van der Waals surface area (Å²) in [6.45, 7) is 2.02. The van der Waals surface area contributed by atoms with Crippen LogP contribution in [-0.4, -0.2) is 12.5 Å². The van der Waals surface area contributed by atoms with E-state index in [1.54, 1.807) is 18.2 Å². The number of hydrogen-bond donors (Lipinski definition) is 2. The zero-order chi connectivity index (χ0) is 15.2. The zero-order valence-electron chi connectivity index (χ0n) is 11.6. The Balaban J connectivity index is 1.88. The van der Waals surface area contributed by atoms with E-state index < -0.39 is 5.82 Å².